The first-order chi connectivity index (χ1) is 9.16. The van der Waals surface area contributed by atoms with Crippen molar-refractivity contribution in [2.24, 2.45) is 0 Å². The maximum absolute atomic E-state index is 11.8. The lowest BCUT2D eigenvalue weighted by Crippen LogP contribution is -2.25. The van der Waals surface area contributed by atoms with Gasteiger partial charge in [0.05, 0.1) is 12.0 Å². The Balaban J connectivity index is 1.97. The molecule has 2 N–H and O–H groups in total. The largest absolute Gasteiger partial charge is 0.478 e. The fourth-order valence-corrected chi connectivity index (χ4v) is 2.38. The second kappa shape index (κ2) is 6.15. The zero-order chi connectivity index (χ0) is 13.7. The van der Waals surface area contributed by atoms with Gasteiger partial charge in [0, 0.05) is 6.54 Å². The monoisotopic (exact) mass is 275 g/mol. The summed E-state index contributed by atoms with van der Waals surface area (Å²) in [7, 11) is 0. The van der Waals surface area contributed by atoms with Crippen molar-refractivity contribution < 1.29 is 14.7 Å². The molecule has 1 amide bonds. The maximum atomic E-state index is 11.8. The fourth-order valence-electron chi connectivity index (χ4n) is 1.71. The van der Waals surface area contributed by atoms with E-state index in [1.807, 2.05) is 16.8 Å². The lowest BCUT2D eigenvalue weighted by atomic mass is 10.0. The first-order valence-corrected chi connectivity index (χ1v) is 6.70. The van der Waals surface area contributed by atoms with Crippen LogP contribution in [-0.2, 0) is 17.8 Å². The Kier molecular flexibility index (Phi) is 4.30. The highest BCUT2D eigenvalue weighted by Crippen LogP contribution is 2.10. The topological polar surface area (TPSA) is 66.4 Å². The number of carboxylic acids is 1. The van der Waals surface area contributed by atoms with Crippen LogP contribution in [0.15, 0.2) is 41.1 Å². The molecule has 0 spiro atoms. The van der Waals surface area contributed by atoms with E-state index in [9.17, 15) is 9.59 Å². The Bertz CT molecular complexity index is 578. The molecule has 2 aromatic rings. The molecule has 0 fully saturated rings. The normalized spacial score (nSPS) is 10.1. The zero-order valence-electron chi connectivity index (χ0n) is 10.1. The quantitative estimate of drug-likeness (QED) is 0.880. The van der Waals surface area contributed by atoms with Gasteiger partial charge in [-0.05, 0) is 34.0 Å². The van der Waals surface area contributed by atoms with Gasteiger partial charge in [0.25, 0.3) is 0 Å². The molecule has 0 aliphatic heterocycles. The van der Waals surface area contributed by atoms with Crippen LogP contribution in [0.25, 0.3) is 0 Å². The van der Waals surface area contributed by atoms with Crippen molar-refractivity contribution in [3.8, 4) is 0 Å². The molecule has 0 bridgehead atoms. The number of thiophene rings is 1. The van der Waals surface area contributed by atoms with E-state index >= 15 is 0 Å². The highest BCUT2D eigenvalue weighted by atomic mass is 32.1. The highest BCUT2D eigenvalue weighted by molar-refractivity contribution is 7.07. The minimum Gasteiger partial charge on any atom is -0.478 e. The molecule has 0 radical (unpaired) electrons. The van der Waals surface area contributed by atoms with Crippen molar-refractivity contribution in [2.75, 3.05) is 0 Å². The van der Waals surface area contributed by atoms with E-state index in [1.54, 1.807) is 29.5 Å². The van der Waals surface area contributed by atoms with E-state index in [0.717, 1.165) is 5.56 Å². The van der Waals surface area contributed by atoms with E-state index < -0.39 is 5.97 Å². The molecule has 98 valence electrons. The fraction of sp³-hybridized carbons (Fsp3) is 0.143. The van der Waals surface area contributed by atoms with Crippen molar-refractivity contribution in [3.63, 3.8) is 0 Å². The Labute approximate surface area is 114 Å². The number of rotatable bonds is 5. The van der Waals surface area contributed by atoms with Crippen molar-refractivity contribution in [1.29, 1.82) is 0 Å². The summed E-state index contributed by atoms with van der Waals surface area (Å²) in [4.78, 5) is 22.8. The van der Waals surface area contributed by atoms with Crippen molar-refractivity contribution in [3.05, 3.63) is 57.8 Å². The average Bonchev–Trinajstić information content (AvgIpc) is 2.90. The first kappa shape index (κ1) is 13.3. The summed E-state index contributed by atoms with van der Waals surface area (Å²) in [5, 5.41) is 15.7. The third-order valence-corrected chi connectivity index (χ3v) is 3.40. The molecule has 19 heavy (non-hydrogen) atoms. The summed E-state index contributed by atoms with van der Waals surface area (Å²) in [5.41, 5.74) is 1.75. The smallest absolute Gasteiger partial charge is 0.335 e. The molecule has 2 rings (SSSR count). The van der Waals surface area contributed by atoms with E-state index in [-0.39, 0.29) is 17.9 Å². The van der Waals surface area contributed by atoms with Crippen LogP contribution >= 0.6 is 11.3 Å². The number of carbonyl (C=O) groups is 2. The highest BCUT2D eigenvalue weighted by Gasteiger charge is 2.12. The van der Waals surface area contributed by atoms with E-state index in [4.69, 9.17) is 5.11 Å². The summed E-state index contributed by atoms with van der Waals surface area (Å²) in [6, 6.07) is 8.48. The van der Waals surface area contributed by atoms with E-state index in [2.05, 4.69) is 5.32 Å². The molecule has 0 saturated heterocycles. The van der Waals surface area contributed by atoms with Crippen LogP contribution in [0.1, 0.15) is 21.5 Å². The van der Waals surface area contributed by atoms with Gasteiger partial charge in [-0.2, -0.15) is 11.3 Å². The van der Waals surface area contributed by atoms with Gasteiger partial charge in [-0.1, -0.05) is 18.2 Å². The number of hydrogen-bond donors (Lipinski definition) is 2. The third-order valence-electron chi connectivity index (χ3n) is 2.67. The molecule has 0 unspecified atom stereocenters. The third kappa shape index (κ3) is 3.66. The van der Waals surface area contributed by atoms with Crippen LogP contribution in [0.2, 0.25) is 0 Å². The molecule has 1 aromatic heterocycles. The second-order valence-electron chi connectivity index (χ2n) is 4.05. The van der Waals surface area contributed by atoms with Gasteiger partial charge in [-0.3, -0.25) is 4.79 Å². The van der Waals surface area contributed by atoms with Gasteiger partial charge in [-0.15, -0.1) is 0 Å². The number of benzene rings is 1. The summed E-state index contributed by atoms with van der Waals surface area (Å²) in [6.07, 6.45) is 0.0760. The summed E-state index contributed by atoms with van der Waals surface area (Å²) in [6.45, 7) is 0.470. The molecule has 0 atom stereocenters. The predicted molar refractivity (Wildman–Crippen MR) is 73.3 cm³/mol. The minimum atomic E-state index is -1.01. The predicted octanol–water partition coefficient (Wildman–Crippen LogP) is 2.31. The summed E-state index contributed by atoms with van der Waals surface area (Å²) in [5.74, 6) is -1.19. The molecular formula is C14H13NO3S. The summed E-state index contributed by atoms with van der Waals surface area (Å²) >= 11 is 1.57. The number of hydrogen-bond acceptors (Lipinski definition) is 3. The molecule has 4 nitrogen and oxygen atoms in total. The van der Waals surface area contributed by atoms with Crippen LogP contribution < -0.4 is 5.32 Å². The van der Waals surface area contributed by atoms with E-state index in [1.165, 1.54) is 6.07 Å². The Morgan fingerprint density at radius 2 is 2.00 bits per heavy atom. The number of carboxylic acid groups (broad SMARTS) is 1. The van der Waals surface area contributed by atoms with Crippen LogP contribution in [-0.4, -0.2) is 17.0 Å². The molecule has 0 aliphatic carbocycles. The molecule has 1 heterocycles. The second-order valence-corrected chi connectivity index (χ2v) is 4.83. The minimum absolute atomic E-state index is 0.0760. The van der Waals surface area contributed by atoms with E-state index in [0.29, 0.717) is 12.1 Å². The number of aromatic carboxylic acids is 1. The lowest BCUT2D eigenvalue weighted by molar-refractivity contribution is -0.120. The zero-order valence-corrected chi connectivity index (χ0v) is 10.9. The van der Waals surface area contributed by atoms with Gasteiger partial charge in [0.2, 0.25) is 5.91 Å². The maximum Gasteiger partial charge on any atom is 0.335 e. The van der Waals surface area contributed by atoms with Crippen LogP contribution in [0, 0.1) is 0 Å². The SMILES string of the molecule is O=C(Cc1ccccc1C(=O)O)NCc1ccsc1. The standard InChI is InChI=1S/C14H13NO3S/c16-13(15-8-10-5-6-19-9-10)7-11-3-1-2-4-12(11)14(17)18/h1-6,9H,7-8H2,(H,15,16)(H,17,18). The Morgan fingerprint density at radius 1 is 1.21 bits per heavy atom. The van der Waals surface area contributed by atoms with Crippen molar-refractivity contribution in [1.82, 2.24) is 5.32 Å². The molecule has 1 aromatic carbocycles. The van der Waals surface area contributed by atoms with Crippen LogP contribution in [0.3, 0.4) is 0 Å². The van der Waals surface area contributed by atoms with Crippen LogP contribution in [0.5, 0.6) is 0 Å². The van der Waals surface area contributed by atoms with Gasteiger partial charge in [0.15, 0.2) is 0 Å². The molecule has 5 heteroatoms. The van der Waals surface area contributed by atoms with Gasteiger partial charge in [-0.25, -0.2) is 4.79 Å². The lowest BCUT2D eigenvalue weighted by Gasteiger charge is -2.06. The Morgan fingerprint density at radius 3 is 2.68 bits per heavy atom. The summed E-state index contributed by atoms with van der Waals surface area (Å²) < 4.78 is 0. The first-order valence-electron chi connectivity index (χ1n) is 5.76. The van der Waals surface area contributed by atoms with Gasteiger partial charge < -0.3 is 10.4 Å². The average molecular weight is 275 g/mol. The van der Waals surface area contributed by atoms with Crippen molar-refractivity contribution in [2.45, 2.75) is 13.0 Å². The molecule has 0 aliphatic rings. The van der Waals surface area contributed by atoms with Crippen molar-refractivity contribution >= 4 is 23.2 Å². The van der Waals surface area contributed by atoms with Gasteiger partial charge >= 0.3 is 5.97 Å². The molecule has 0 saturated carbocycles. The molecular weight excluding hydrogens is 262 g/mol. The van der Waals surface area contributed by atoms with Gasteiger partial charge in [0.1, 0.15) is 0 Å². The Hall–Kier alpha value is -2.14. The number of amides is 1. The number of nitrogens with one attached hydrogen (secondary N) is 1. The van der Waals surface area contributed by atoms with Crippen LogP contribution in [0.4, 0.5) is 0 Å². The number of carbonyl (C=O) groups excluding carboxylic acids is 1.